The van der Waals surface area contributed by atoms with Crippen LogP contribution in [-0.2, 0) is 11.8 Å². The number of fused-ring (bicyclic) bond motifs is 1. The van der Waals surface area contributed by atoms with Crippen molar-refractivity contribution in [2.24, 2.45) is 7.05 Å². The number of rotatable bonds is 1. The molecule has 1 aliphatic heterocycles. The highest BCUT2D eigenvalue weighted by Gasteiger charge is 2.31. The second-order valence-corrected chi connectivity index (χ2v) is 5.79. The van der Waals surface area contributed by atoms with Crippen molar-refractivity contribution in [1.82, 2.24) is 14.5 Å². The first kappa shape index (κ1) is 13.4. The molecule has 1 amide bonds. The Morgan fingerprint density at radius 2 is 2.10 bits per heavy atom. The molecule has 7 heteroatoms. The summed E-state index contributed by atoms with van der Waals surface area (Å²) in [5.41, 5.74) is 1.24. The summed E-state index contributed by atoms with van der Waals surface area (Å²) in [5.74, 6) is -0.321. The van der Waals surface area contributed by atoms with Gasteiger partial charge in [-0.2, -0.15) is 0 Å². The van der Waals surface area contributed by atoms with Crippen LogP contribution in [0.3, 0.4) is 0 Å². The number of hydrogen-bond donors (Lipinski definition) is 2. The van der Waals surface area contributed by atoms with Gasteiger partial charge in [0.1, 0.15) is 12.3 Å². The zero-order valence-electron chi connectivity index (χ0n) is 10.8. The maximum atomic E-state index is 12.4. The number of aliphatic hydroxyl groups is 1. The largest absolute Gasteiger partial charge is 0.374 e. The van der Waals surface area contributed by atoms with Crippen LogP contribution in [0.1, 0.15) is 18.9 Å². The van der Waals surface area contributed by atoms with E-state index in [1.54, 1.807) is 7.05 Å². The van der Waals surface area contributed by atoms with Crippen molar-refractivity contribution < 1.29 is 9.90 Å². The molecule has 0 spiro atoms. The van der Waals surface area contributed by atoms with Gasteiger partial charge in [-0.3, -0.25) is 13.9 Å². The lowest BCUT2D eigenvalue weighted by Crippen LogP contribution is -2.46. The van der Waals surface area contributed by atoms with E-state index < -0.39 is 12.3 Å². The maximum absolute atomic E-state index is 12.4. The number of carbonyl (C=O) groups is 1. The molecule has 1 saturated heterocycles. The van der Waals surface area contributed by atoms with Gasteiger partial charge in [0.25, 0.3) is 0 Å². The van der Waals surface area contributed by atoms with Crippen LogP contribution in [0.4, 0.5) is 0 Å². The van der Waals surface area contributed by atoms with Gasteiger partial charge in [-0.25, -0.2) is 4.79 Å². The molecule has 3 rings (SSSR count). The van der Waals surface area contributed by atoms with Crippen LogP contribution in [0.25, 0.3) is 11.0 Å². The standard InChI is InChI=1S/C13H14BrN3O3/c1-16-11-7(14)3-2-4-8(11)17(13(16)20)9-5-6-10(18)15-12(9)19/h2-4,9-10,18H,5-6H2,1H3,(H,15,19). The van der Waals surface area contributed by atoms with E-state index in [1.807, 2.05) is 18.2 Å². The molecule has 2 heterocycles. The minimum absolute atomic E-state index is 0.233. The molecule has 6 nitrogen and oxygen atoms in total. The highest BCUT2D eigenvalue weighted by molar-refractivity contribution is 9.10. The van der Waals surface area contributed by atoms with E-state index in [9.17, 15) is 14.7 Å². The Kier molecular flexibility index (Phi) is 3.18. The van der Waals surface area contributed by atoms with Crippen LogP contribution in [0.5, 0.6) is 0 Å². The summed E-state index contributed by atoms with van der Waals surface area (Å²) in [6.07, 6.45) is 0.0577. The second-order valence-electron chi connectivity index (χ2n) is 4.94. The van der Waals surface area contributed by atoms with E-state index in [0.29, 0.717) is 18.4 Å². The molecule has 2 unspecified atom stereocenters. The maximum Gasteiger partial charge on any atom is 0.329 e. The van der Waals surface area contributed by atoms with Crippen molar-refractivity contribution in [2.75, 3.05) is 0 Å². The average Bonchev–Trinajstić information content (AvgIpc) is 2.64. The fraction of sp³-hybridized carbons (Fsp3) is 0.385. The number of imidazole rings is 1. The van der Waals surface area contributed by atoms with Crippen molar-refractivity contribution in [3.63, 3.8) is 0 Å². The van der Waals surface area contributed by atoms with Crippen molar-refractivity contribution in [2.45, 2.75) is 25.1 Å². The van der Waals surface area contributed by atoms with Gasteiger partial charge in [0.05, 0.1) is 11.0 Å². The van der Waals surface area contributed by atoms with Crippen molar-refractivity contribution in [3.8, 4) is 0 Å². The number of hydrogen-bond acceptors (Lipinski definition) is 3. The van der Waals surface area contributed by atoms with Crippen LogP contribution < -0.4 is 11.0 Å². The summed E-state index contributed by atoms with van der Waals surface area (Å²) in [5, 5.41) is 11.9. The molecular weight excluding hydrogens is 326 g/mol. The molecule has 2 aromatic rings. The van der Waals surface area contributed by atoms with Crippen molar-refractivity contribution in [3.05, 3.63) is 33.2 Å². The molecule has 2 atom stereocenters. The van der Waals surface area contributed by atoms with Gasteiger partial charge in [0, 0.05) is 11.5 Å². The average molecular weight is 340 g/mol. The molecule has 1 aromatic heterocycles. The number of para-hydroxylation sites is 1. The molecule has 1 fully saturated rings. The number of nitrogens with zero attached hydrogens (tertiary/aromatic N) is 2. The van der Waals surface area contributed by atoms with Gasteiger partial charge in [0.2, 0.25) is 5.91 Å². The van der Waals surface area contributed by atoms with E-state index in [2.05, 4.69) is 21.2 Å². The minimum atomic E-state index is -0.823. The number of aromatic nitrogens is 2. The van der Waals surface area contributed by atoms with Crippen molar-refractivity contribution in [1.29, 1.82) is 0 Å². The van der Waals surface area contributed by atoms with Crippen molar-refractivity contribution >= 4 is 32.9 Å². The Balaban J connectivity index is 2.22. The van der Waals surface area contributed by atoms with Gasteiger partial charge >= 0.3 is 5.69 Å². The van der Waals surface area contributed by atoms with E-state index in [-0.39, 0.29) is 11.6 Å². The number of aliphatic hydroxyl groups excluding tert-OH is 1. The highest BCUT2D eigenvalue weighted by atomic mass is 79.9. The van der Waals surface area contributed by atoms with Gasteiger partial charge in [-0.05, 0) is 40.9 Å². The summed E-state index contributed by atoms with van der Waals surface area (Å²) in [7, 11) is 1.68. The predicted molar refractivity (Wildman–Crippen MR) is 77.3 cm³/mol. The van der Waals surface area contributed by atoms with Crippen LogP contribution >= 0.6 is 15.9 Å². The molecular formula is C13H14BrN3O3. The van der Waals surface area contributed by atoms with Crippen LogP contribution in [0.2, 0.25) is 0 Å². The van der Waals surface area contributed by atoms with E-state index in [4.69, 9.17) is 0 Å². The lowest BCUT2D eigenvalue weighted by atomic mass is 10.1. The van der Waals surface area contributed by atoms with Crippen LogP contribution in [0.15, 0.2) is 27.5 Å². The van der Waals surface area contributed by atoms with Crippen LogP contribution in [-0.4, -0.2) is 26.4 Å². The molecule has 20 heavy (non-hydrogen) atoms. The fourth-order valence-corrected chi connectivity index (χ4v) is 3.34. The second kappa shape index (κ2) is 4.75. The Labute approximate surface area is 123 Å². The lowest BCUT2D eigenvalue weighted by molar-refractivity contribution is -0.130. The zero-order chi connectivity index (χ0) is 14.4. The molecule has 0 bridgehead atoms. The number of halogens is 1. The normalized spacial score (nSPS) is 23.1. The third kappa shape index (κ3) is 1.89. The molecule has 106 valence electrons. The Hall–Kier alpha value is -1.60. The van der Waals surface area contributed by atoms with E-state index in [1.165, 1.54) is 9.13 Å². The Morgan fingerprint density at radius 3 is 2.80 bits per heavy atom. The highest BCUT2D eigenvalue weighted by Crippen LogP contribution is 2.27. The summed E-state index contributed by atoms with van der Waals surface area (Å²) in [6, 6.07) is 4.93. The summed E-state index contributed by atoms with van der Waals surface area (Å²) < 4.78 is 3.84. The molecule has 0 aliphatic carbocycles. The smallest absolute Gasteiger partial charge is 0.329 e. The number of piperidine rings is 1. The molecule has 0 radical (unpaired) electrons. The summed E-state index contributed by atoms with van der Waals surface area (Å²) in [4.78, 5) is 24.5. The first-order chi connectivity index (χ1) is 9.50. The molecule has 2 N–H and O–H groups in total. The van der Waals surface area contributed by atoms with Gasteiger partial charge in [-0.15, -0.1) is 0 Å². The summed E-state index contributed by atoms with van der Waals surface area (Å²) in [6.45, 7) is 0. The van der Waals surface area contributed by atoms with Gasteiger partial charge in [-0.1, -0.05) is 6.07 Å². The van der Waals surface area contributed by atoms with E-state index in [0.717, 1.165) is 9.99 Å². The monoisotopic (exact) mass is 339 g/mol. The number of benzene rings is 1. The number of amides is 1. The fourth-order valence-electron chi connectivity index (χ4n) is 2.72. The van der Waals surface area contributed by atoms with Gasteiger partial charge in [0.15, 0.2) is 0 Å². The SMILES string of the molecule is Cn1c(=O)n(C2CCC(O)NC2=O)c2cccc(Br)c21. The zero-order valence-corrected chi connectivity index (χ0v) is 12.4. The lowest BCUT2D eigenvalue weighted by Gasteiger charge is -2.26. The third-order valence-electron chi connectivity index (χ3n) is 3.69. The summed E-state index contributed by atoms with van der Waals surface area (Å²) >= 11 is 3.43. The van der Waals surface area contributed by atoms with Crippen LogP contribution in [0, 0.1) is 0 Å². The van der Waals surface area contributed by atoms with Gasteiger partial charge < -0.3 is 10.4 Å². The first-order valence-electron chi connectivity index (χ1n) is 6.34. The molecule has 1 aliphatic rings. The Bertz CT molecular complexity index is 749. The minimum Gasteiger partial charge on any atom is -0.374 e. The predicted octanol–water partition coefficient (Wildman–Crippen LogP) is 0.872. The Morgan fingerprint density at radius 1 is 1.35 bits per heavy atom. The van der Waals surface area contributed by atoms with E-state index >= 15 is 0 Å². The number of aryl methyl sites for hydroxylation is 1. The number of nitrogens with one attached hydrogen (secondary N) is 1. The number of carbonyl (C=O) groups excluding carboxylic acids is 1. The topological polar surface area (TPSA) is 76.3 Å². The third-order valence-corrected chi connectivity index (χ3v) is 4.33. The first-order valence-corrected chi connectivity index (χ1v) is 7.14. The molecule has 1 aromatic carbocycles. The quantitative estimate of drug-likeness (QED) is 0.809. The molecule has 0 saturated carbocycles.